The summed E-state index contributed by atoms with van der Waals surface area (Å²) in [5, 5.41) is 6.85. The zero-order valence-electron chi connectivity index (χ0n) is 8.54. The molecule has 0 saturated heterocycles. The second-order valence-corrected chi connectivity index (χ2v) is 3.43. The first-order chi connectivity index (χ1) is 7.95. The number of aromatic amines is 1. The lowest BCUT2D eigenvalue weighted by Gasteiger charge is -2.05. The number of nitrogens with one attached hydrogen (secondary N) is 1. The summed E-state index contributed by atoms with van der Waals surface area (Å²) in [6.07, 6.45) is 5.44. The topological polar surface area (TPSA) is 46.5 Å². The standard InChI is InChI=1S/C12H10N4/c1-2-4-10(5-3-1)16-9-8-13-12(16)11-6-7-14-15-11/h1-9H,(H,14,15). The fourth-order valence-corrected chi connectivity index (χ4v) is 1.68. The van der Waals surface area contributed by atoms with Gasteiger partial charge in [0.2, 0.25) is 0 Å². The molecular weight excluding hydrogens is 200 g/mol. The van der Waals surface area contributed by atoms with Crippen LogP contribution in [0.3, 0.4) is 0 Å². The van der Waals surface area contributed by atoms with Gasteiger partial charge in [0.1, 0.15) is 5.69 Å². The van der Waals surface area contributed by atoms with Crippen LogP contribution < -0.4 is 0 Å². The zero-order valence-corrected chi connectivity index (χ0v) is 8.54. The largest absolute Gasteiger partial charge is 0.299 e. The number of imidazole rings is 1. The molecule has 0 fully saturated rings. The summed E-state index contributed by atoms with van der Waals surface area (Å²) in [5.41, 5.74) is 2.00. The van der Waals surface area contributed by atoms with Crippen molar-refractivity contribution >= 4 is 0 Å². The fraction of sp³-hybridized carbons (Fsp3) is 0. The molecule has 2 aromatic heterocycles. The Hall–Kier alpha value is -2.36. The molecule has 0 aliphatic rings. The third kappa shape index (κ3) is 1.40. The van der Waals surface area contributed by atoms with Crippen molar-refractivity contribution < 1.29 is 0 Å². The Bertz CT molecular complexity index is 566. The number of hydrogen-bond donors (Lipinski definition) is 1. The minimum atomic E-state index is 0.865. The molecule has 0 saturated carbocycles. The molecule has 0 amide bonds. The van der Waals surface area contributed by atoms with E-state index in [-0.39, 0.29) is 0 Å². The highest BCUT2D eigenvalue weighted by molar-refractivity contribution is 5.53. The van der Waals surface area contributed by atoms with Gasteiger partial charge in [-0.3, -0.25) is 9.67 Å². The Kier molecular flexibility index (Phi) is 2.04. The minimum absolute atomic E-state index is 0.865. The quantitative estimate of drug-likeness (QED) is 0.705. The van der Waals surface area contributed by atoms with E-state index in [1.54, 1.807) is 12.4 Å². The lowest BCUT2D eigenvalue weighted by molar-refractivity contribution is 1.02. The van der Waals surface area contributed by atoms with Gasteiger partial charge in [0, 0.05) is 24.3 Å². The molecule has 16 heavy (non-hydrogen) atoms. The minimum Gasteiger partial charge on any atom is -0.299 e. The molecule has 2 heterocycles. The second-order valence-electron chi connectivity index (χ2n) is 3.43. The van der Waals surface area contributed by atoms with E-state index in [1.807, 2.05) is 47.2 Å². The van der Waals surface area contributed by atoms with E-state index in [0.29, 0.717) is 0 Å². The van der Waals surface area contributed by atoms with Gasteiger partial charge in [-0.1, -0.05) is 18.2 Å². The maximum Gasteiger partial charge on any atom is 0.162 e. The lowest BCUT2D eigenvalue weighted by atomic mass is 10.3. The van der Waals surface area contributed by atoms with Crippen molar-refractivity contribution in [2.45, 2.75) is 0 Å². The van der Waals surface area contributed by atoms with Gasteiger partial charge in [-0.2, -0.15) is 5.10 Å². The summed E-state index contributed by atoms with van der Waals surface area (Å²) in [6.45, 7) is 0. The van der Waals surface area contributed by atoms with E-state index in [4.69, 9.17) is 0 Å². The molecule has 0 unspecified atom stereocenters. The molecule has 78 valence electrons. The van der Waals surface area contributed by atoms with Crippen molar-refractivity contribution in [3.8, 4) is 17.2 Å². The molecule has 3 aromatic rings. The monoisotopic (exact) mass is 210 g/mol. The average molecular weight is 210 g/mol. The first kappa shape index (κ1) is 8.91. The van der Waals surface area contributed by atoms with Crippen molar-refractivity contribution in [3.05, 3.63) is 55.0 Å². The Labute approximate surface area is 92.6 Å². The van der Waals surface area contributed by atoms with Crippen LogP contribution >= 0.6 is 0 Å². The van der Waals surface area contributed by atoms with E-state index < -0.39 is 0 Å². The van der Waals surface area contributed by atoms with Gasteiger partial charge in [-0.25, -0.2) is 4.98 Å². The Morgan fingerprint density at radius 3 is 2.62 bits per heavy atom. The van der Waals surface area contributed by atoms with Gasteiger partial charge in [-0.05, 0) is 18.2 Å². The van der Waals surface area contributed by atoms with Gasteiger partial charge in [-0.15, -0.1) is 0 Å². The number of para-hydroxylation sites is 1. The molecule has 0 radical (unpaired) electrons. The van der Waals surface area contributed by atoms with Gasteiger partial charge in [0.05, 0.1) is 0 Å². The number of benzene rings is 1. The van der Waals surface area contributed by atoms with Crippen molar-refractivity contribution in [1.29, 1.82) is 0 Å². The predicted molar refractivity (Wildman–Crippen MR) is 61.1 cm³/mol. The van der Waals surface area contributed by atoms with Crippen molar-refractivity contribution in [1.82, 2.24) is 19.7 Å². The molecule has 1 aromatic carbocycles. The molecule has 1 N–H and O–H groups in total. The van der Waals surface area contributed by atoms with Crippen LogP contribution in [-0.4, -0.2) is 19.7 Å². The van der Waals surface area contributed by atoms with Crippen LogP contribution in [0, 0.1) is 0 Å². The summed E-state index contributed by atoms with van der Waals surface area (Å²) >= 11 is 0. The molecule has 3 rings (SSSR count). The number of H-pyrrole nitrogens is 1. The lowest BCUT2D eigenvalue weighted by Crippen LogP contribution is -1.95. The van der Waals surface area contributed by atoms with Crippen LogP contribution in [0.4, 0.5) is 0 Å². The number of nitrogens with zero attached hydrogens (tertiary/aromatic N) is 3. The summed E-state index contributed by atoms with van der Waals surface area (Å²) in [4.78, 5) is 4.33. The van der Waals surface area contributed by atoms with Crippen LogP contribution in [0.1, 0.15) is 0 Å². The van der Waals surface area contributed by atoms with E-state index in [0.717, 1.165) is 17.2 Å². The van der Waals surface area contributed by atoms with Crippen LogP contribution in [0.2, 0.25) is 0 Å². The third-order valence-electron chi connectivity index (χ3n) is 2.42. The van der Waals surface area contributed by atoms with Gasteiger partial charge in [0.15, 0.2) is 5.82 Å². The average Bonchev–Trinajstić information content (AvgIpc) is 3.01. The molecular formula is C12H10N4. The molecule has 0 aliphatic carbocycles. The molecule has 0 aliphatic heterocycles. The van der Waals surface area contributed by atoms with E-state index in [2.05, 4.69) is 15.2 Å². The van der Waals surface area contributed by atoms with Crippen LogP contribution in [0.25, 0.3) is 17.2 Å². The van der Waals surface area contributed by atoms with E-state index in [9.17, 15) is 0 Å². The Balaban J connectivity index is 2.14. The van der Waals surface area contributed by atoms with E-state index in [1.165, 1.54) is 0 Å². The SMILES string of the molecule is c1ccc(-n2ccnc2-c2ccn[nH]2)cc1. The fourth-order valence-electron chi connectivity index (χ4n) is 1.68. The molecule has 0 atom stereocenters. The molecule has 0 bridgehead atoms. The predicted octanol–water partition coefficient (Wildman–Crippen LogP) is 2.26. The summed E-state index contributed by atoms with van der Waals surface area (Å²) in [6, 6.07) is 12.0. The van der Waals surface area contributed by atoms with Gasteiger partial charge in [0.25, 0.3) is 0 Å². The highest BCUT2D eigenvalue weighted by Crippen LogP contribution is 2.18. The first-order valence-corrected chi connectivity index (χ1v) is 5.04. The van der Waals surface area contributed by atoms with Gasteiger partial charge >= 0.3 is 0 Å². The summed E-state index contributed by atoms with van der Waals surface area (Å²) in [5.74, 6) is 0.865. The summed E-state index contributed by atoms with van der Waals surface area (Å²) < 4.78 is 2.02. The highest BCUT2D eigenvalue weighted by atomic mass is 15.2. The maximum atomic E-state index is 4.33. The second kappa shape index (κ2) is 3.66. The van der Waals surface area contributed by atoms with E-state index >= 15 is 0 Å². The normalized spacial score (nSPS) is 10.5. The molecule has 0 spiro atoms. The van der Waals surface area contributed by atoms with Crippen LogP contribution in [0.5, 0.6) is 0 Å². The van der Waals surface area contributed by atoms with Gasteiger partial charge < -0.3 is 0 Å². The van der Waals surface area contributed by atoms with Crippen molar-refractivity contribution in [2.75, 3.05) is 0 Å². The smallest absolute Gasteiger partial charge is 0.162 e. The maximum absolute atomic E-state index is 4.33. The van der Waals surface area contributed by atoms with Crippen LogP contribution in [0.15, 0.2) is 55.0 Å². The first-order valence-electron chi connectivity index (χ1n) is 5.04. The Morgan fingerprint density at radius 1 is 1.00 bits per heavy atom. The number of aromatic nitrogens is 4. The van der Waals surface area contributed by atoms with Crippen LogP contribution in [-0.2, 0) is 0 Å². The Morgan fingerprint density at radius 2 is 1.88 bits per heavy atom. The highest BCUT2D eigenvalue weighted by Gasteiger charge is 2.07. The summed E-state index contributed by atoms with van der Waals surface area (Å²) in [7, 11) is 0. The third-order valence-corrected chi connectivity index (χ3v) is 2.42. The van der Waals surface area contributed by atoms with Crippen molar-refractivity contribution in [3.63, 3.8) is 0 Å². The molecule has 4 heteroatoms. The number of hydrogen-bond acceptors (Lipinski definition) is 2. The number of rotatable bonds is 2. The zero-order chi connectivity index (χ0) is 10.8. The molecule has 4 nitrogen and oxygen atoms in total. The van der Waals surface area contributed by atoms with Crippen molar-refractivity contribution in [2.24, 2.45) is 0 Å².